The Labute approximate surface area is 210 Å². The molecule has 1 atom stereocenters. The summed E-state index contributed by atoms with van der Waals surface area (Å²) in [7, 11) is 1.75. The molecular formula is C29H30F2N2O3. The molecule has 36 heavy (non-hydrogen) atoms. The number of carbonyl (C=O) groups is 2. The number of piperidine rings is 1. The summed E-state index contributed by atoms with van der Waals surface area (Å²) in [6, 6.07) is 14.1. The first-order valence-electron chi connectivity index (χ1n) is 12.1. The average Bonchev–Trinajstić information content (AvgIpc) is 3.32. The van der Waals surface area contributed by atoms with E-state index in [0.717, 1.165) is 0 Å². The molecule has 3 aromatic rings. The van der Waals surface area contributed by atoms with Gasteiger partial charge in [0.1, 0.15) is 17.4 Å². The molecule has 5 nitrogen and oxygen atoms in total. The summed E-state index contributed by atoms with van der Waals surface area (Å²) in [6.07, 6.45) is 6.30. The summed E-state index contributed by atoms with van der Waals surface area (Å²) in [5.74, 6) is -0.321. The van der Waals surface area contributed by atoms with Crippen molar-refractivity contribution in [2.75, 3.05) is 20.1 Å². The van der Waals surface area contributed by atoms with Crippen LogP contribution in [0.2, 0.25) is 0 Å². The second-order valence-corrected chi connectivity index (χ2v) is 9.22. The lowest BCUT2D eigenvalue weighted by Crippen LogP contribution is -2.48. The third-order valence-corrected chi connectivity index (χ3v) is 6.96. The van der Waals surface area contributed by atoms with E-state index in [1.807, 2.05) is 0 Å². The number of rotatable bonds is 7. The van der Waals surface area contributed by atoms with Gasteiger partial charge >= 0.3 is 0 Å². The van der Waals surface area contributed by atoms with E-state index in [4.69, 9.17) is 4.42 Å². The molecule has 1 aliphatic heterocycles. The maximum Gasteiger partial charge on any atom is 0.257 e. The van der Waals surface area contributed by atoms with Crippen molar-refractivity contribution in [3.8, 4) is 0 Å². The SMILES string of the molecule is Cc1occc1C(=O)N(C)C(Cc1ccccc1F)C1CCN(C(=O)C=Cc2cccc(F)c2)CC1. The summed E-state index contributed by atoms with van der Waals surface area (Å²) in [6.45, 7) is 2.80. The summed E-state index contributed by atoms with van der Waals surface area (Å²) in [5.41, 5.74) is 1.67. The number of carbonyl (C=O) groups excluding carboxylic acids is 2. The first kappa shape index (κ1) is 25.4. The molecule has 188 valence electrons. The van der Waals surface area contributed by atoms with E-state index in [1.54, 1.807) is 66.2 Å². The molecule has 0 bridgehead atoms. The van der Waals surface area contributed by atoms with Gasteiger partial charge in [0, 0.05) is 32.3 Å². The topological polar surface area (TPSA) is 53.8 Å². The molecule has 1 unspecified atom stereocenters. The Morgan fingerprint density at radius 1 is 1.11 bits per heavy atom. The highest BCUT2D eigenvalue weighted by Crippen LogP contribution is 2.29. The van der Waals surface area contributed by atoms with Crippen molar-refractivity contribution in [1.29, 1.82) is 0 Å². The molecule has 0 radical (unpaired) electrons. The molecule has 2 amide bonds. The number of furan rings is 1. The second kappa shape index (κ2) is 11.3. The minimum absolute atomic E-state index is 0.0852. The number of nitrogens with zero attached hydrogens (tertiary/aromatic N) is 2. The predicted molar refractivity (Wildman–Crippen MR) is 134 cm³/mol. The van der Waals surface area contributed by atoms with Crippen molar-refractivity contribution < 1.29 is 22.8 Å². The Morgan fingerprint density at radius 3 is 2.53 bits per heavy atom. The molecule has 1 aliphatic rings. The lowest BCUT2D eigenvalue weighted by atomic mass is 9.84. The smallest absolute Gasteiger partial charge is 0.257 e. The van der Waals surface area contributed by atoms with Crippen LogP contribution in [0.1, 0.15) is 40.1 Å². The summed E-state index contributed by atoms with van der Waals surface area (Å²) in [5, 5.41) is 0. The van der Waals surface area contributed by atoms with Gasteiger partial charge in [-0.05, 0) is 73.6 Å². The van der Waals surface area contributed by atoms with Crippen LogP contribution in [-0.2, 0) is 11.2 Å². The summed E-state index contributed by atoms with van der Waals surface area (Å²) in [4.78, 5) is 29.4. The van der Waals surface area contributed by atoms with Gasteiger partial charge < -0.3 is 14.2 Å². The van der Waals surface area contributed by atoms with Crippen LogP contribution in [-0.4, -0.2) is 47.8 Å². The Bertz CT molecular complexity index is 1240. The zero-order chi connectivity index (χ0) is 25.7. The fourth-order valence-electron chi connectivity index (χ4n) is 4.84. The molecular weight excluding hydrogens is 462 g/mol. The van der Waals surface area contributed by atoms with Gasteiger partial charge in [-0.15, -0.1) is 0 Å². The normalized spacial score (nSPS) is 15.3. The van der Waals surface area contributed by atoms with Gasteiger partial charge in [0.2, 0.25) is 5.91 Å². The number of amides is 2. The first-order valence-corrected chi connectivity index (χ1v) is 12.1. The Morgan fingerprint density at radius 2 is 1.86 bits per heavy atom. The number of hydrogen-bond donors (Lipinski definition) is 0. The minimum atomic E-state index is -0.351. The van der Waals surface area contributed by atoms with E-state index in [1.165, 1.54) is 30.5 Å². The van der Waals surface area contributed by atoms with Gasteiger partial charge in [0.15, 0.2) is 0 Å². The number of aryl methyl sites for hydroxylation is 1. The number of likely N-dealkylation sites (tertiary alicyclic amines) is 1. The van der Waals surface area contributed by atoms with Crippen LogP contribution in [0.4, 0.5) is 8.78 Å². The number of halogens is 2. The summed E-state index contributed by atoms with van der Waals surface area (Å²) < 4.78 is 33.2. The van der Waals surface area contributed by atoms with Crippen molar-refractivity contribution in [1.82, 2.24) is 9.80 Å². The van der Waals surface area contributed by atoms with Crippen LogP contribution in [0.25, 0.3) is 6.08 Å². The fraction of sp³-hybridized carbons (Fsp3) is 0.310. The van der Waals surface area contributed by atoms with Gasteiger partial charge in [-0.25, -0.2) is 8.78 Å². The molecule has 1 fully saturated rings. The predicted octanol–water partition coefficient (Wildman–Crippen LogP) is 5.50. The van der Waals surface area contributed by atoms with Gasteiger partial charge in [0.05, 0.1) is 11.8 Å². The van der Waals surface area contributed by atoms with Gasteiger partial charge in [0.25, 0.3) is 5.91 Å². The van der Waals surface area contributed by atoms with Crippen LogP contribution >= 0.6 is 0 Å². The minimum Gasteiger partial charge on any atom is -0.469 e. The van der Waals surface area contributed by atoms with E-state index >= 15 is 0 Å². The average molecular weight is 493 g/mol. The highest BCUT2D eigenvalue weighted by Gasteiger charge is 2.34. The third-order valence-electron chi connectivity index (χ3n) is 6.96. The van der Waals surface area contributed by atoms with Crippen LogP contribution in [0.15, 0.2) is 71.4 Å². The van der Waals surface area contributed by atoms with E-state index in [0.29, 0.717) is 54.8 Å². The first-order chi connectivity index (χ1) is 17.3. The fourth-order valence-corrected chi connectivity index (χ4v) is 4.84. The molecule has 1 aromatic heterocycles. The van der Waals surface area contributed by atoms with Crippen LogP contribution in [0.3, 0.4) is 0 Å². The maximum atomic E-state index is 14.5. The largest absolute Gasteiger partial charge is 0.469 e. The lowest BCUT2D eigenvalue weighted by molar-refractivity contribution is -0.127. The number of benzene rings is 2. The van der Waals surface area contributed by atoms with Crippen molar-refractivity contribution in [2.45, 2.75) is 32.2 Å². The van der Waals surface area contributed by atoms with Crippen molar-refractivity contribution in [2.24, 2.45) is 5.92 Å². The van der Waals surface area contributed by atoms with Crippen LogP contribution < -0.4 is 0 Å². The lowest BCUT2D eigenvalue weighted by Gasteiger charge is -2.40. The standard InChI is InChI=1S/C29H30F2N2O3/c1-20-25(14-17-36-20)29(35)32(2)27(19-23-7-3-4-9-26(23)31)22-12-15-33(16-13-22)28(34)11-10-21-6-5-8-24(30)18-21/h3-11,14,17-18,22,27H,12-13,15-16,19H2,1-2H3. The molecule has 0 N–H and O–H groups in total. The Hall–Kier alpha value is -3.74. The highest BCUT2D eigenvalue weighted by molar-refractivity contribution is 5.95. The quantitative estimate of drug-likeness (QED) is 0.409. The monoisotopic (exact) mass is 492 g/mol. The van der Waals surface area contributed by atoms with Crippen molar-refractivity contribution in [3.63, 3.8) is 0 Å². The van der Waals surface area contributed by atoms with Gasteiger partial charge in [-0.1, -0.05) is 30.3 Å². The molecule has 0 spiro atoms. The number of likely N-dealkylation sites (N-methyl/N-ethyl adjacent to an activating group) is 1. The van der Waals surface area contributed by atoms with Crippen LogP contribution in [0, 0.1) is 24.5 Å². The second-order valence-electron chi connectivity index (χ2n) is 9.22. The van der Waals surface area contributed by atoms with Crippen molar-refractivity contribution in [3.05, 3.63) is 101 Å². The van der Waals surface area contributed by atoms with Gasteiger partial charge in [-0.2, -0.15) is 0 Å². The van der Waals surface area contributed by atoms with Crippen molar-refractivity contribution >= 4 is 17.9 Å². The zero-order valence-electron chi connectivity index (χ0n) is 20.5. The van der Waals surface area contributed by atoms with E-state index in [-0.39, 0.29) is 35.4 Å². The molecule has 1 saturated heterocycles. The van der Waals surface area contributed by atoms with E-state index < -0.39 is 0 Å². The van der Waals surface area contributed by atoms with Crippen LogP contribution in [0.5, 0.6) is 0 Å². The molecule has 4 rings (SSSR count). The molecule has 2 heterocycles. The molecule has 0 saturated carbocycles. The van der Waals surface area contributed by atoms with E-state index in [9.17, 15) is 18.4 Å². The van der Waals surface area contributed by atoms with Gasteiger partial charge in [-0.3, -0.25) is 9.59 Å². The Balaban J connectivity index is 1.47. The summed E-state index contributed by atoms with van der Waals surface area (Å²) >= 11 is 0. The highest BCUT2D eigenvalue weighted by atomic mass is 19.1. The third kappa shape index (κ3) is 5.90. The molecule has 7 heteroatoms. The molecule has 2 aromatic carbocycles. The molecule has 0 aliphatic carbocycles. The van der Waals surface area contributed by atoms with E-state index in [2.05, 4.69) is 0 Å². The maximum absolute atomic E-state index is 14.5. The number of hydrogen-bond acceptors (Lipinski definition) is 3. The Kier molecular flexibility index (Phi) is 7.98. The zero-order valence-corrected chi connectivity index (χ0v) is 20.5.